The second-order valence-electron chi connectivity index (χ2n) is 11.6. The lowest BCUT2D eigenvalue weighted by Gasteiger charge is -2.29. The summed E-state index contributed by atoms with van der Waals surface area (Å²) < 4.78 is 5.69. The topological polar surface area (TPSA) is 93.6 Å². The molecule has 2 amide bonds. The van der Waals surface area contributed by atoms with E-state index in [9.17, 15) is 19.2 Å². The number of alkyl halides is 2. The van der Waals surface area contributed by atoms with Gasteiger partial charge < -0.3 is 4.74 Å². The summed E-state index contributed by atoms with van der Waals surface area (Å²) in [6.45, 7) is 5.43. The molecular weight excluding hydrogens is 688 g/mol. The lowest BCUT2D eigenvalue weighted by molar-refractivity contribution is -0.122. The highest BCUT2D eigenvalue weighted by atomic mass is 79.9. The van der Waals surface area contributed by atoms with Crippen LogP contribution in [-0.4, -0.2) is 44.3 Å². The summed E-state index contributed by atoms with van der Waals surface area (Å²) in [7, 11) is 0. The molecule has 1 saturated heterocycles. The van der Waals surface area contributed by atoms with Gasteiger partial charge in [-0.25, -0.2) is 9.78 Å². The number of amides is 2. The Morgan fingerprint density at radius 1 is 0.886 bits per heavy atom. The van der Waals surface area contributed by atoms with Gasteiger partial charge in [0.1, 0.15) is 0 Å². The van der Waals surface area contributed by atoms with Crippen LogP contribution in [0.5, 0.6) is 0 Å². The number of esters is 1. The predicted molar refractivity (Wildman–Crippen MR) is 176 cm³/mol. The van der Waals surface area contributed by atoms with Crippen molar-refractivity contribution in [1.29, 1.82) is 0 Å². The van der Waals surface area contributed by atoms with Crippen molar-refractivity contribution in [1.82, 2.24) is 4.98 Å². The summed E-state index contributed by atoms with van der Waals surface area (Å²) in [6, 6.07) is 21.4. The van der Waals surface area contributed by atoms with Gasteiger partial charge in [0.2, 0.25) is 17.6 Å². The number of para-hydroxylation sites is 1. The summed E-state index contributed by atoms with van der Waals surface area (Å²) in [5, 5.41) is 0.622. The monoisotopic (exact) mass is 716 g/mol. The number of pyridine rings is 1. The van der Waals surface area contributed by atoms with Crippen molar-refractivity contribution in [2.75, 3.05) is 4.90 Å². The molecule has 0 radical (unpaired) electrons. The quantitative estimate of drug-likeness (QED) is 0.0895. The molecule has 5 unspecified atom stereocenters. The Hall–Kier alpha value is -3.69. The number of Topliss-reactive ketones (excluding diaryl/α,β-unsaturated/α-hetero) is 1. The van der Waals surface area contributed by atoms with Crippen LogP contribution in [0.2, 0.25) is 0 Å². The zero-order chi connectivity index (χ0) is 31.3. The van der Waals surface area contributed by atoms with Crippen LogP contribution in [0.25, 0.3) is 22.2 Å². The van der Waals surface area contributed by atoms with E-state index < -0.39 is 12.1 Å². The summed E-state index contributed by atoms with van der Waals surface area (Å²) in [4.78, 5) is 59.5. The maximum absolute atomic E-state index is 13.5. The first-order chi connectivity index (χ1) is 21.0. The number of ether oxygens (including phenoxy) is 1. The molecule has 44 heavy (non-hydrogen) atoms. The second-order valence-corrected chi connectivity index (χ2v) is 13.9. The van der Waals surface area contributed by atoms with Crippen LogP contribution in [0, 0.1) is 25.7 Å². The molecule has 4 aromatic rings. The Balaban J connectivity index is 1.29. The van der Waals surface area contributed by atoms with E-state index >= 15 is 0 Å². The molecule has 2 fully saturated rings. The van der Waals surface area contributed by atoms with E-state index in [1.54, 1.807) is 49.4 Å². The maximum atomic E-state index is 13.5. The van der Waals surface area contributed by atoms with Crippen LogP contribution < -0.4 is 4.90 Å². The minimum absolute atomic E-state index is 0.134. The highest BCUT2D eigenvalue weighted by molar-refractivity contribution is 9.12. The van der Waals surface area contributed by atoms with Crippen molar-refractivity contribution < 1.29 is 23.9 Å². The van der Waals surface area contributed by atoms with Crippen molar-refractivity contribution in [2.45, 2.75) is 49.4 Å². The Morgan fingerprint density at radius 3 is 2.11 bits per heavy atom. The number of benzene rings is 3. The lowest BCUT2D eigenvalue weighted by Crippen LogP contribution is -2.34. The zero-order valence-electron chi connectivity index (χ0n) is 24.4. The van der Waals surface area contributed by atoms with Crippen LogP contribution in [0.15, 0.2) is 72.8 Å². The summed E-state index contributed by atoms with van der Waals surface area (Å²) in [6.07, 6.45) is 0.224. The van der Waals surface area contributed by atoms with Crippen molar-refractivity contribution >= 4 is 72.0 Å². The molecule has 7 nitrogen and oxygen atoms in total. The number of ketones is 1. The largest absolute Gasteiger partial charge is 0.451 e. The highest BCUT2D eigenvalue weighted by Crippen LogP contribution is 2.44. The van der Waals surface area contributed by atoms with Gasteiger partial charge in [-0.2, -0.15) is 0 Å². The van der Waals surface area contributed by atoms with E-state index in [1.807, 2.05) is 44.2 Å². The lowest BCUT2D eigenvalue weighted by atomic mass is 9.81. The molecule has 6 rings (SSSR count). The van der Waals surface area contributed by atoms with Gasteiger partial charge >= 0.3 is 5.97 Å². The number of carbonyl (C=O) groups is 4. The Bertz CT molecular complexity index is 1780. The van der Waals surface area contributed by atoms with Gasteiger partial charge in [0.05, 0.1) is 34.3 Å². The third-order valence-corrected chi connectivity index (χ3v) is 11.3. The molecule has 0 spiro atoms. The number of anilines is 1. The number of fused-ring (bicyclic) bond motifs is 2. The summed E-state index contributed by atoms with van der Waals surface area (Å²) in [5.74, 6) is -1.92. The molecular formula is C35H30Br2N2O5. The number of aromatic nitrogens is 1. The number of hydrogen-bond donors (Lipinski definition) is 0. The standard InChI is InChI=1S/C35H30Br2N2O5/c1-18-7-9-22(10-8-18)32(40)20(3)44-35(43)27-17-30(38-31-19(2)5-4-6-24(27)31)21-11-13-23(14-12-21)39-33(41)25-15-28(36)29(37)16-26(25)34(39)42/h4-14,17,20,25-26,28-29H,15-16H2,1-3H3. The molecule has 0 N–H and O–H groups in total. The van der Waals surface area contributed by atoms with Gasteiger partial charge in [-0.1, -0.05) is 92.0 Å². The molecule has 224 valence electrons. The van der Waals surface area contributed by atoms with Crippen molar-refractivity contribution in [2.24, 2.45) is 11.8 Å². The molecule has 2 aliphatic rings. The number of imide groups is 1. The average molecular weight is 718 g/mol. The summed E-state index contributed by atoms with van der Waals surface area (Å²) >= 11 is 7.27. The fourth-order valence-corrected chi connectivity index (χ4v) is 7.31. The van der Waals surface area contributed by atoms with E-state index in [1.165, 1.54) is 4.90 Å². The number of halogens is 2. The van der Waals surface area contributed by atoms with Gasteiger partial charge in [0.15, 0.2) is 6.10 Å². The van der Waals surface area contributed by atoms with Crippen molar-refractivity contribution in [3.05, 3.63) is 95.1 Å². The first-order valence-electron chi connectivity index (χ1n) is 14.5. The van der Waals surface area contributed by atoms with Crippen LogP contribution >= 0.6 is 31.9 Å². The minimum Gasteiger partial charge on any atom is -0.451 e. The average Bonchev–Trinajstić information content (AvgIpc) is 3.25. The Kier molecular flexibility index (Phi) is 8.28. The van der Waals surface area contributed by atoms with Gasteiger partial charge in [-0.05, 0) is 57.4 Å². The van der Waals surface area contributed by atoms with E-state index in [0.29, 0.717) is 51.8 Å². The number of nitrogens with zero attached hydrogens (tertiary/aromatic N) is 2. The smallest absolute Gasteiger partial charge is 0.339 e. The van der Waals surface area contributed by atoms with E-state index in [0.717, 1.165) is 11.1 Å². The minimum atomic E-state index is -0.986. The number of aryl methyl sites for hydroxylation is 2. The normalized spacial score (nSPS) is 22.2. The molecule has 3 aromatic carbocycles. The maximum Gasteiger partial charge on any atom is 0.339 e. The number of hydrogen-bond acceptors (Lipinski definition) is 6. The van der Waals surface area contributed by atoms with Gasteiger partial charge in [0.25, 0.3) is 0 Å². The first kappa shape index (κ1) is 30.3. The Morgan fingerprint density at radius 2 is 1.50 bits per heavy atom. The van der Waals surface area contributed by atoms with Crippen molar-refractivity contribution in [3.8, 4) is 11.3 Å². The zero-order valence-corrected chi connectivity index (χ0v) is 27.6. The fraction of sp³-hybridized carbons (Fsp3) is 0.286. The second kappa shape index (κ2) is 12.0. The van der Waals surface area contributed by atoms with Crippen LogP contribution in [-0.2, 0) is 14.3 Å². The third kappa shape index (κ3) is 5.52. The first-order valence-corrected chi connectivity index (χ1v) is 16.3. The highest BCUT2D eigenvalue weighted by Gasteiger charge is 2.52. The molecule has 2 heterocycles. The molecule has 1 aromatic heterocycles. The molecule has 1 saturated carbocycles. The molecule has 0 bridgehead atoms. The molecule has 1 aliphatic heterocycles. The molecule has 5 atom stereocenters. The molecule has 9 heteroatoms. The fourth-order valence-electron chi connectivity index (χ4n) is 6.07. The van der Waals surface area contributed by atoms with Gasteiger partial charge in [0, 0.05) is 26.2 Å². The van der Waals surface area contributed by atoms with E-state index in [4.69, 9.17) is 9.72 Å². The third-order valence-electron chi connectivity index (χ3n) is 8.58. The number of rotatable bonds is 6. The van der Waals surface area contributed by atoms with E-state index in [-0.39, 0.29) is 39.1 Å². The van der Waals surface area contributed by atoms with Crippen LogP contribution in [0.4, 0.5) is 5.69 Å². The van der Waals surface area contributed by atoms with Crippen LogP contribution in [0.1, 0.15) is 51.6 Å². The number of carbonyl (C=O) groups excluding carboxylic acids is 4. The molecule has 1 aliphatic carbocycles. The van der Waals surface area contributed by atoms with Gasteiger partial charge in [-0.3, -0.25) is 19.3 Å². The van der Waals surface area contributed by atoms with Crippen LogP contribution in [0.3, 0.4) is 0 Å². The SMILES string of the molecule is Cc1ccc(C(=O)C(C)OC(=O)c2cc(-c3ccc(N4C(=O)C5CC(Br)C(Br)CC5C4=O)cc3)nc3c(C)cccc23)cc1. The van der Waals surface area contributed by atoms with Crippen molar-refractivity contribution in [3.63, 3.8) is 0 Å². The Labute approximate surface area is 272 Å². The van der Waals surface area contributed by atoms with Gasteiger partial charge in [-0.15, -0.1) is 0 Å². The van der Waals surface area contributed by atoms with E-state index in [2.05, 4.69) is 31.9 Å². The predicted octanol–water partition coefficient (Wildman–Crippen LogP) is 7.37. The summed E-state index contributed by atoms with van der Waals surface area (Å²) in [5.41, 5.74) is 5.06.